The Hall–Kier alpha value is -1.26. The zero-order valence-corrected chi connectivity index (χ0v) is 10.5. The number of fused-ring (bicyclic) bond motifs is 1. The topological polar surface area (TPSA) is 41.9 Å². The summed E-state index contributed by atoms with van der Waals surface area (Å²) in [6, 6.07) is 6.08. The second kappa shape index (κ2) is 5.16. The van der Waals surface area contributed by atoms with Crippen LogP contribution < -0.4 is 9.47 Å². The minimum atomic E-state index is 0.0864. The summed E-state index contributed by atoms with van der Waals surface area (Å²) in [7, 11) is 0. The molecule has 18 heavy (non-hydrogen) atoms. The maximum atomic E-state index is 9.63. The lowest BCUT2D eigenvalue weighted by atomic mass is 10.1. The molecule has 2 heterocycles. The molecule has 4 heteroatoms. The number of rotatable bonds is 3. The maximum absolute atomic E-state index is 9.63. The summed E-state index contributed by atoms with van der Waals surface area (Å²) in [5.74, 6) is 1.61. The normalized spacial score (nSPS) is 20.9. The van der Waals surface area contributed by atoms with E-state index in [1.807, 2.05) is 18.2 Å². The van der Waals surface area contributed by atoms with Crippen molar-refractivity contribution in [3.8, 4) is 11.5 Å². The van der Waals surface area contributed by atoms with Crippen molar-refractivity contribution in [3.63, 3.8) is 0 Å². The molecule has 0 saturated carbocycles. The molecule has 0 radical (unpaired) electrons. The highest BCUT2D eigenvalue weighted by molar-refractivity contribution is 5.44. The maximum Gasteiger partial charge on any atom is 0.161 e. The zero-order valence-electron chi connectivity index (χ0n) is 10.5. The Morgan fingerprint density at radius 1 is 1.11 bits per heavy atom. The van der Waals surface area contributed by atoms with Crippen LogP contribution in [0.3, 0.4) is 0 Å². The molecule has 0 aromatic heterocycles. The van der Waals surface area contributed by atoms with Gasteiger partial charge in [0, 0.05) is 0 Å². The van der Waals surface area contributed by atoms with Crippen LogP contribution in [0.5, 0.6) is 11.5 Å². The van der Waals surface area contributed by atoms with Crippen molar-refractivity contribution in [3.05, 3.63) is 23.8 Å². The predicted molar refractivity (Wildman–Crippen MR) is 68.1 cm³/mol. The Balaban J connectivity index is 1.85. The molecule has 1 fully saturated rings. The number of hydrogen-bond acceptors (Lipinski definition) is 4. The van der Waals surface area contributed by atoms with Crippen molar-refractivity contribution in [1.82, 2.24) is 4.90 Å². The minimum absolute atomic E-state index is 0.0864. The number of likely N-dealkylation sites (tertiary alicyclic amines) is 1. The molecule has 1 aromatic carbocycles. The fourth-order valence-electron chi connectivity index (χ4n) is 2.75. The van der Waals surface area contributed by atoms with Crippen molar-refractivity contribution in [1.29, 1.82) is 0 Å². The van der Waals surface area contributed by atoms with Crippen LogP contribution in [0.25, 0.3) is 0 Å². The molecule has 0 aliphatic carbocycles. The molecule has 1 unspecified atom stereocenters. The SMILES string of the molecule is OCC(c1ccc2c(c1)OCCO2)N1CCCC1. The van der Waals surface area contributed by atoms with E-state index in [1.165, 1.54) is 12.8 Å². The van der Waals surface area contributed by atoms with E-state index in [2.05, 4.69) is 4.90 Å². The molecule has 0 spiro atoms. The van der Waals surface area contributed by atoms with Gasteiger partial charge in [0.15, 0.2) is 11.5 Å². The van der Waals surface area contributed by atoms with Gasteiger partial charge in [-0.2, -0.15) is 0 Å². The first kappa shape index (κ1) is 11.8. The molecule has 1 aromatic rings. The predicted octanol–water partition coefficient (Wildman–Crippen LogP) is 1.59. The first-order valence-electron chi connectivity index (χ1n) is 6.63. The van der Waals surface area contributed by atoms with Gasteiger partial charge in [0.05, 0.1) is 12.6 Å². The monoisotopic (exact) mass is 249 g/mol. The van der Waals surface area contributed by atoms with Gasteiger partial charge in [-0.3, -0.25) is 4.90 Å². The van der Waals surface area contributed by atoms with Gasteiger partial charge >= 0.3 is 0 Å². The molecular weight excluding hydrogens is 230 g/mol. The second-order valence-corrected chi connectivity index (χ2v) is 4.84. The number of ether oxygens (including phenoxy) is 2. The average molecular weight is 249 g/mol. The van der Waals surface area contributed by atoms with Crippen molar-refractivity contribution in [2.45, 2.75) is 18.9 Å². The highest BCUT2D eigenvalue weighted by Crippen LogP contribution is 2.34. The van der Waals surface area contributed by atoms with Gasteiger partial charge in [0.1, 0.15) is 13.2 Å². The van der Waals surface area contributed by atoms with Crippen molar-refractivity contribution in [2.24, 2.45) is 0 Å². The number of aliphatic hydroxyl groups excluding tert-OH is 1. The summed E-state index contributed by atoms with van der Waals surface area (Å²) < 4.78 is 11.1. The average Bonchev–Trinajstić information content (AvgIpc) is 2.93. The summed E-state index contributed by atoms with van der Waals surface area (Å²) in [5, 5.41) is 9.63. The molecular formula is C14H19NO3. The Bertz CT molecular complexity index is 416. The summed E-state index contributed by atoms with van der Waals surface area (Å²) in [6.07, 6.45) is 2.45. The van der Waals surface area contributed by atoms with Crippen LogP contribution in [-0.4, -0.2) is 42.9 Å². The number of aliphatic hydroxyl groups is 1. The van der Waals surface area contributed by atoms with Crippen LogP contribution >= 0.6 is 0 Å². The number of nitrogens with zero attached hydrogens (tertiary/aromatic N) is 1. The van der Waals surface area contributed by atoms with Crippen LogP contribution in [-0.2, 0) is 0 Å². The largest absolute Gasteiger partial charge is 0.486 e. The Kier molecular flexibility index (Phi) is 3.39. The van der Waals surface area contributed by atoms with Gasteiger partial charge in [0.2, 0.25) is 0 Å². The highest BCUT2D eigenvalue weighted by atomic mass is 16.6. The van der Waals surface area contributed by atoms with Gasteiger partial charge in [-0.05, 0) is 43.6 Å². The van der Waals surface area contributed by atoms with Crippen molar-refractivity contribution >= 4 is 0 Å². The molecule has 2 aliphatic rings. The third-order valence-corrected chi connectivity index (χ3v) is 3.71. The van der Waals surface area contributed by atoms with E-state index in [0.29, 0.717) is 13.2 Å². The van der Waals surface area contributed by atoms with Gasteiger partial charge in [0.25, 0.3) is 0 Å². The van der Waals surface area contributed by atoms with E-state index in [4.69, 9.17) is 9.47 Å². The van der Waals surface area contributed by atoms with Crippen LogP contribution in [0.2, 0.25) is 0 Å². The van der Waals surface area contributed by atoms with Gasteiger partial charge in [-0.1, -0.05) is 6.07 Å². The van der Waals surface area contributed by atoms with E-state index in [-0.39, 0.29) is 12.6 Å². The van der Waals surface area contributed by atoms with Gasteiger partial charge in [-0.25, -0.2) is 0 Å². The Morgan fingerprint density at radius 2 is 1.83 bits per heavy atom. The fraction of sp³-hybridized carbons (Fsp3) is 0.571. The Morgan fingerprint density at radius 3 is 2.56 bits per heavy atom. The summed E-state index contributed by atoms with van der Waals surface area (Å²) in [6.45, 7) is 3.50. The van der Waals surface area contributed by atoms with Crippen molar-refractivity contribution in [2.75, 3.05) is 32.9 Å². The van der Waals surface area contributed by atoms with E-state index in [0.717, 1.165) is 30.2 Å². The number of hydrogen-bond donors (Lipinski definition) is 1. The first-order chi connectivity index (χ1) is 8.88. The molecule has 1 atom stereocenters. The standard InChI is InChI=1S/C14H19NO3/c16-10-12(15-5-1-2-6-15)11-3-4-13-14(9-11)18-8-7-17-13/h3-4,9,12,16H,1-2,5-8,10H2. The molecule has 1 saturated heterocycles. The lowest BCUT2D eigenvalue weighted by Crippen LogP contribution is -2.28. The van der Waals surface area contributed by atoms with Crippen LogP contribution in [0.15, 0.2) is 18.2 Å². The first-order valence-corrected chi connectivity index (χ1v) is 6.63. The third-order valence-electron chi connectivity index (χ3n) is 3.71. The molecule has 3 rings (SSSR count). The molecule has 0 amide bonds. The van der Waals surface area contributed by atoms with E-state index >= 15 is 0 Å². The zero-order chi connectivity index (χ0) is 12.4. The molecule has 0 bridgehead atoms. The van der Waals surface area contributed by atoms with E-state index in [9.17, 15) is 5.11 Å². The second-order valence-electron chi connectivity index (χ2n) is 4.84. The van der Waals surface area contributed by atoms with Crippen molar-refractivity contribution < 1.29 is 14.6 Å². The van der Waals surface area contributed by atoms with Crippen LogP contribution in [0.4, 0.5) is 0 Å². The number of benzene rings is 1. The van der Waals surface area contributed by atoms with Gasteiger partial charge in [-0.15, -0.1) is 0 Å². The van der Waals surface area contributed by atoms with Crippen LogP contribution in [0, 0.1) is 0 Å². The minimum Gasteiger partial charge on any atom is -0.486 e. The summed E-state index contributed by atoms with van der Waals surface area (Å²) in [4.78, 5) is 2.34. The molecule has 98 valence electrons. The lowest BCUT2D eigenvalue weighted by Gasteiger charge is -2.27. The molecule has 4 nitrogen and oxygen atoms in total. The molecule has 1 N–H and O–H groups in total. The van der Waals surface area contributed by atoms with E-state index < -0.39 is 0 Å². The summed E-state index contributed by atoms with van der Waals surface area (Å²) in [5.41, 5.74) is 1.11. The third kappa shape index (κ3) is 2.18. The Labute approximate surface area is 107 Å². The fourth-order valence-corrected chi connectivity index (χ4v) is 2.75. The van der Waals surface area contributed by atoms with E-state index in [1.54, 1.807) is 0 Å². The molecule has 2 aliphatic heterocycles. The highest BCUT2D eigenvalue weighted by Gasteiger charge is 2.24. The lowest BCUT2D eigenvalue weighted by molar-refractivity contribution is 0.144. The quantitative estimate of drug-likeness (QED) is 0.883. The summed E-state index contributed by atoms with van der Waals surface area (Å²) >= 11 is 0. The van der Waals surface area contributed by atoms with Crippen LogP contribution in [0.1, 0.15) is 24.4 Å². The smallest absolute Gasteiger partial charge is 0.161 e. The van der Waals surface area contributed by atoms with Gasteiger partial charge < -0.3 is 14.6 Å².